The number of hydrogen-bond acceptors (Lipinski definition) is 5. The minimum absolute atomic E-state index is 0.0355. The van der Waals surface area contributed by atoms with Gasteiger partial charge in [0.1, 0.15) is 0 Å². The van der Waals surface area contributed by atoms with Crippen LogP contribution in [0.15, 0.2) is 53.7 Å². The number of sulfonamides is 1. The lowest BCUT2D eigenvalue weighted by Gasteiger charge is -2.09. The van der Waals surface area contributed by atoms with Crippen molar-refractivity contribution in [1.29, 1.82) is 0 Å². The first kappa shape index (κ1) is 19.5. The van der Waals surface area contributed by atoms with Crippen LogP contribution in [0, 0.1) is 0 Å². The van der Waals surface area contributed by atoms with E-state index in [0.717, 1.165) is 11.0 Å². The lowest BCUT2D eigenvalue weighted by molar-refractivity contribution is -0.114. The maximum atomic E-state index is 12.3. The van der Waals surface area contributed by atoms with Crippen LogP contribution in [0.25, 0.3) is 11.0 Å². The minimum Gasteiger partial charge on any atom is -0.351 e. The standard InChI is InChI=1S/C18H19N5O4S/c1-12(24)23-14-3-5-15(6-4-14)28(26,27)22-9-8-19-18(25)13-2-7-16-17(10-13)21-11-20-16/h2-7,10-11,22H,8-9H2,1H3,(H,19,25)(H,20,21)(H,23,24). The SMILES string of the molecule is CC(=O)Nc1ccc(S(=O)(=O)NCCNC(=O)c2ccc3nc[nH]c3c2)cc1. The van der Waals surface area contributed by atoms with Gasteiger partial charge in [0.15, 0.2) is 0 Å². The topological polar surface area (TPSA) is 133 Å². The number of rotatable bonds is 7. The summed E-state index contributed by atoms with van der Waals surface area (Å²) >= 11 is 0. The Hall–Kier alpha value is -3.24. The highest BCUT2D eigenvalue weighted by atomic mass is 32.2. The predicted molar refractivity (Wildman–Crippen MR) is 104 cm³/mol. The smallest absolute Gasteiger partial charge is 0.251 e. The van der Waals surface area contributed by atoms with Crippen molar-refractivity contribution < 1.29 is 18.0 Å². The lowest BCUT2D eigenvalue weighted by Crippen LogP contribution is -2.34. The summed E-state index contributed by atoms with van der Waals surface area (Å²) in [6.07, 6.45) is 1.55. The van der Waals surface area contributed by atoms with Crippen LogP contribution in [0.4, 0.5) is 5.69 Å². The zero-order chi connectivity index (χ0) is 20.1. The molecule has 0 spiro atoms. The van der Waals surface area contributed by atoms with Crippen LogP contribution in [0.1, 0.15) is 17.3 Å². The fourth-order valence-corrected chi connectivity index (χ4v) is 3.58. The number of carbonyl (C=O) groups is 2. The third kappa shape index (κ3) is 4.72. The molecule has 0 fully saturated rings. The average Bonchev–Trinajstić information content (AvgIpc) is 3.13. The maximum Gasteiger partial charge on any atom is 0.251 e. The molecule has 3 rings (SSSR count). The predicted octanol–water partition coefficient (Wildman–Crippen LogP) is 1.23. The van der Waals surface area contributed by atoms with Gasteiger partial charge in [0.25, 0.3) is 5.91 Å². The van der Waals surface area contributed by atoms with E-state index in [2.05, 4.69) is 25.3 Å². The monoisotopic (exact) mass is 401 g/mol. The summed E-state index contributed by atoms with van der Waals surface area (Å²) in [6.45, 7) is 1.53. The van der Waals surface area contributed by atoms with Gasteiger partial charge in [-0.25, -0.2) is 18.1 Å². The Bertz CT molecular complexity index is 1110. The molecular weight excluding hydrogens is 382 g/mol. The Kier molecular flexibility index (Phi) is 5.71. The van der Waals surface area contributed by atoms with Crippen LogP contribution in [0.3, 0.4) is 0 Å². The van der Waals surface area contributed by atoms with Gasteiger partial charge in [0.2, 0.25) is 15.9 Å². The van der Waals surface area contributed by atoms with Gasteiger partial charge in [-0.15, -0.1) is 0 Å². The molecule has 10 heteroatoms. The van der Waals surface area contributed by atoms with E-state index in [9.17, 15) is 18.0 Å². The molecule has 2 amide bonds. The Labute approximate surface area is 161 Å². The third-order valence-electron chi connectivity index (χ3n) is 3.87. The second kappa shape index (κ2) is 8.19. The molecule has 0 saturated heterocycles. The second-order valence-corrected chi connectivity index (χ2v) is 7.76. The molecule has 0 bridgehead atoms. The molecule has 0 aliphatic carbocycles. The van der Waals surface area contributed by atoms with E-state index in [1.54, 1.807) is 24.5 Å². The fourth-order valence-electron chi connectivity index (χ4n) is 2.54. The Morgan fingerprint density at radius 1 is 1.07 bits per heavy atom. The molecule has 0 aliphatic heterocycles. The van der Waals surface area contributed by atoms with Crippen molar-refractivity contribution in [2.45, 2.75) is 11.8 Å². The first-order valence-electron chi connectivity index (χ1n) is 8.44. The third-order valence-corrected chi connectivity index (χ3v) is 5.35. The van der Waals surface area contributed by atoms with Crippen LogP contribution in [0.5, 0.6) is 0 Å². The number of nitrogens with one attached hydrogen (secondary N) is 4. The van der Waals surface area contributed by atoms with Crippen LogP contribution >= 0.6 is 0 Å². The molecule has 0 aliphatic rings. The Balaban J connectivity index is 1.52. The number of fused-ring (bicyclic) bond motifs is 1. The number of aromatic amines is 1. The number of carbonyl (C=O) groups excluding carboxylic acids is 2. The van der Waals surface area contributed by atoms with E-state index in [1.165, 1.54) is 31.2 Å². The molecule has 146 valence electrons. The zero-order valence-electron chi connectivity index (χ0n) is 15.0. The van der Waals surface area contributed by atoms with Gasteiger partial charge in [-0.3, -0.25) is 9.59 Å². The fraction of sp³-hybridized carbons (Fsp3) is 0.167. The average molecular weight is 401 g/mol. The van der Waals surface area contributed by atoms with Crippen molar-refractivity contribution >= 4 is 38.6 Å². The van der Waals surface area contributed by atoms with E-state index >= 15 is 0 Å². The highest BCUT2D eigenvalue weighted by molar-refractivity contribution is 7.89. The number of nitrogens with zero attached hydrogens (tertiary/aromatic N) is 1. The highest BCUT2D eigenvalue weighted by Crippen LogP contribution is 2.14. The van der Waals surface area contributed by atoms with Gasteiger partial charge >= 0.3 is 0 Å². The lowest BCUT2D eigenvalue weighted by atomic mass is 10.2. The number of amides is 2. The number of benzene rings is 2. The van der Waals surface area contributed by atoms with E-state index < -0.39 is 10.0 Å². The first-order valence-corrected chi connectivity index (χ1v) is 9.92. The molecule has 1 aromatic heterocycles. The summed E-state index contributed by atoms with van der Waals surface area (Å²) in [7, 11) is -3.72. The highest BCUT2D eigenvalue weighted by Gasteiger charge is 2.14. The number of aromatic nitrogens is 2. The van der Waals surface area contributed by atoms with Crippen molar-refractivity contribution in [1.82, 2.24) is 20.0 Å². The molecule has 9 nitrogen and oxygen atoms in total. The van der Waals surface area contributed by atoms with Gasteiger partial charge in [0, 0.05) is 31.3 Å². The van der Waals surface area contributed by atoms with E-state index in [4.69, 9.17) is 0 Å². The van der Waals surface area contributed by atoms with Gasteiger partial charge in [-0.05, 0) is 42.5 Å². The molecule has 1 heterocycles. The molecule has 4 N–H and O–H groups in total. The molecule has 0 unspecified atom stereocenters. The van der Waals surface area contributed by atoms with Crippen LogP contribution in [0.2, 0.25) is 0 Å². The quantitative estimate of drug-likeness (QED) is 0.442. The Morgan fingerprint density at radius 3 is 2.54 bits per heavy atom. The van der Waals surface area contributed by atoms with E-state index in [0.29, 0.717) is 11.3 Å². The summed E-state index contributed by atoms with van der Waals surface area (Å²) in [6, 6.07) is 10.9. The van der Waals surface area contributed by atoms with E-state index in [-0.39, 0.29) is 29.8 Å². The summed E-state index contributed by atoms with van der Waals surface area (Å²) < 4.78 is 27.0. The second-order valence-electron chi connectivity index (χ2n) is 5.99. The number of imidazole rings is 1. The molecule has 28 heavy (non-hydrogen) atoms. The van der Waals surface area contributed by atoms with Gasteiger partial charge in [-0.1, -0.05) is 0 Å². The molecule has 0 atom stereocenters. The molecule has 0 saturated carbocycles. The summed E-state index contributed by atoms with van der Waals surface area (Å²) in [4.78, 5) is 30.3. The van der Waals surface area contributed by atoms with Crippen molar-refractivity contribution in [3.05, 3.63) is 54.4 Å². The molecular formula is C18H19N5O4S. The van der Waals surface area contributed by atoms with Crippen molar-refractivity contribution in [2.24, 2.45) is 0 Å². The first-order chi connectivity index (χ1) is 13.3. The van der Waals surface area contributed by atoms with Gasteiger partial charge < -0.3 is 15.6 Å². The summed E-state index contributed by atoms with van der Waals surface area (Å²) in [5, 5.41) is 5.23. The van der Waals surface area contributed by atoms with Crippen molar-refractivity contribution in [3.63, 3.8) is 0 Å². The van der Waals surface area contributed by atoms with Crippen molar-refractivity contribution in [3.8, 4) is 0 Å². The zero-order valence-corrected chi connectivity index (χ0v) is 15.8. The maximum absolute atomic E-state index is 12.3. The van der Waals surface area contributed by atoms with Crippen molar-refractivity contribution in [2.75, 3.05) is 18.4 Å². The van der Waals surface area contributed by atoms with Crippen LogP contribution < -0.4 is 15.4 Å². The number of hydrogen-bond donors (Lipinski definition) is 4. The summed E-state index contributed by atoms with van der Waals surface area (Å²) in [5.74, 6) is -0.550. The normalized spacial score (nSPS) is 11.3. The van der Waals surface area contributed by atoms with Crippen LogP contribution in [-0.4, -0.2) is 43.3 Å². The largest absolute Gasteiger partial charge is 0.351 e. The summed E-state index contributed by atoms with van der Waals surface area (Å²) in [5.41, 5.74) is 2.46. The molecule has 3 aromatic rings. The minimum atomic E-state index is -3.72. The van der Waals surface area contributed by atoms with E-state index in [1.807, 2.05) is 0 Å². The van der Waals surface area contributed by atoms with Crippen LogP contribution in [-0.2, 0) is 14.8 Å². The molecule has 0 radical (unpaired) electrons. The molecule has 2 aromatic carbocycles. The number of anilines is 1. The van der Waals surface area contributed by atoms with Gasteiger partial charge in [0.05, 0.1) is 22.3 Å². The van der Waals surface area contributed by atoms with Gasteiger partial charge in [-0.2, -0.15) is 0 Å². The number of H-pyrrole nitrogens is 1. The Morgan fingerprint density at radius 2 is 1.82 bits per heavy atom.